The Morgan fingerprint density at radius 1 is 1.20 bits per heavy atom. The van der Waals surface area contributed by atoms with Gasteiger partial charge in [0, 0.05) is 11.1 Å². The molecule has 0 atom stereocenters. The van der Waals surface area contributed by atoms with Crippen molar-refractivity contribution in [2.45, 2.75) is 13.8 Å². The zero-order valence-electron chi connectivity index (χ0n) is 11.7. The van der Waals surface area contributed by atoms with Gasteiger partial charge in [-0.1, -0.05) is 17.7 Å². The van der Waals surface area contributed by atoms with Gasteiger partial charge in [-0.05, 0) is 49.2 Å². The Bertz CT molecular complexity index is 657. The zero-order valence-corrected chi connectivity index (χ0v) is 12.4. The number of carbonyl (C=O) groups is 1. The van der Waals surface area contributed by atoms with Crippen molar-refractivity contribution >= 4 is 23.1 Å². The van der Waals surface area contributed by atoms with Crippen molar-refractivity contribution in [1.82, 2.24) is 0 Å². The van der Waals surface area contributed by atoms with Crippen LogP contribution in [-0.4, -0.2) is 12.9 Å². The van der Waals surface area contributed by atoms with Crippen molar-refractivity contribution in [1.29, 1.82) is 0 Å². The number of hydrogen-bond donors (Lipinski definition) is 1. The van der Waals surface area contributed by atoms with E-state index in [2.05, 4.69) is 0 Å². The molecule has 3 nitrogen and oxygen atoms in total. The maximum Gasteiger partial charge on any atom is 0.194 e. The lowest BCUT2D eigenvalue weighted by molar-refractivity contribution is 0.103. The summed E-state index contributed by atoms with van der Waals surface area (Å²) in [5.74, 6) is 0.649. The molecule has 0 bridgehead atoms. The van der Waals surface area contributed by atoms with E-state index < -0.39 is 0 Å². The third-order valence-electron chi connectivity index (χ3n) is 3.20. The number of aryl methyl sites for hydroxylation is 2. The number of ketones is 1. The molecule has 0 unspecified atom stereocenters. The van der Waals surface area contributed by atoms with Gasteiger partial charge in [0.2, 0.25) is 0 Å². The van der Waals surface area contributed by atoms with Gasteiger partial charge in [0.15, 0.2) is 5.78 Å². The molecule has 2 rings (SSSR count). The van der Waals surface area contributed by atoms with Crippen molar-refractivity contribution in [2.75, 3.05) is 12.8 Å². The average Bonchev–Trinajstić information content (AvgIpc) is 2.41. The highest BCUT2D eigenvalue weighted by atomic mass is 35.5. The van der Waals surface area contributed by atoms with E-state index in [4.69, 9.17) is 22.1 Å². The van der Waals surface area contributed by atoms with Gasteiger partial charge in [-0.25, -0.2) is 0 Å². The molecule has 0 radical (unpaired) electrons. The third-order valence-corrected chi connectivity index (χ3v) is 3.62. The van der Waals surface area contributed by atoms with E-state index in [0.29, 0.717) is 21.8 Å². The van der Waals surface area contributed by atoms with Crippen LogP contribution in [0.15, 0.2) is 30.3 Å². The number of nitrogen functional groups attached to an aromatic ring is 1. The van der Waals surface area contributed by atoms with Crippen molar-refractivity contribution in [3.8, 4) is 5.75 Å². The van der Waals surface area contributed by atoms with Gasteiger partial charge >= 0.3 is 0 Å². The second-order valence-corrected chi connectivity index (χ2v) is 5.06. The minimum Gasteiger partial charge on any atom is -0.496 e. The summed E-state index contributed by atoms with van der Waals surface area (Å²) in [6, 6.07) is 8.67. The second-order valence-electron chi connectivity index (χ2n) is 4.68. The summed E-state index contributed by atoms with van der Waals surface area (Å²) in [7, 11) is 1.62. The molecule has 0 saturated carbocycles. The SMILES string of the molecule is COc1c(C)cc(C(=O)c2cccc(N)c2Cl)cc1C. The summed E-state index contributed by atoms with van der Waals surface area (Å²) < 4.78 is 5.30. The number of nitrogens with two attached hydrogens (primary N) is 1. The lowest BCUT2D eigenvalue weighted by Crippen LogP contribution is -2.05. The predicted molar refractivity (Wildman–Crippen MR) is 81.8 cm³/mol. The van der Waals surface area contributed by atoms with Crippen LogP contribution in [0.1, 0.15) is 27.0 Å². The van der Waals surface area contributed by atoms with E-state index in [1.807, 2.05) is 13.8 Å². The molecule has 0 fully saturated rings. The van der Waals surface area contributed by atoms with Gasteiger partial charge in [0.25, 0.3) is 0 Å². The summed E-state index contributed by atoms with van der Waals surface area (Å²) in [6.45, 7) is 3.81. The quantitative estimate of drug-likeness (QED) is 0.691. The first kappa shape index (κ1) is 14.4. The summed E-state index contributed by atoms with van der Waals surface area (Å²) in [4.78, 5) is 12.5. The molecule has 0 aliphatic heterocycles. The van der Waals surface area contributed by atoms with E-state index in [1.54, 1.807) is 37.4 Å². The van der Waals surface area contributed by atoms with Crippen LogP contribution in [0.5, 0.6) is 5.75 Å². The zero-order chi connectivity index (χ0) is 14.9. The number of anilines is 1. The molecule has 2 aromatic rings. The Morgan fingerprint density at radius 2 is 1.80 bits per heavy atom. The van der Waals surface area contributed by atoms with Crippen LogP contribution in [-0.2, 0) is 0 Å². The van der Waals surface area contributed by atoms with Crippen LogP contribution in [0.3, 0.4) is 0 Å². The second kappa shape index (κ2) is 5.55. The molecule has 20 heavy (non-hydrogen) atoms. The van der Waals surface area contributed by atoms with E-state index in [1.165, 1.54) is 0 Å². The van der Waals surface area contributed by atoms with Crippen molar-refractivity contribution in [3.63, 3.8) is 0 Å². The van der Waals surface area contributed by atoms with E-state index in [9.17, 15) is 4.79 Å². The minimum atomic E-state index is -0.142. The lowest BCUT2D eigenvalue weighted by Gasteiger charge is -2.11. The Balaban J connectivity index is 2.52. The number of carbonyl (C=O) groups excluding carboxylic acids is 1. The highest BCUT2D eigenvalue weighted by molar-refractivity contribution is 6.37. The fourth-order valence-electron chi connectivity index (χ4n) is 2.28. The molecule has 0 saturated heterocycles. The van der Waals surface area contributed by atoms with Crippen LogP contribution in [0.2, 0.25) is 5.02 Å². The van der Waals surface area contributed by atoms with Gasteiger partial charge in [-0.3, -0.25) is 4.79 Å². The van der Waals surface area contributed by atoms with Crippen LogP contribution >= 0.6 is 11.6 Å². The number of methoxy groups -OCH3 is 1. The van der Waals surface area contributed by atoms with Gasteiger partial charge < -0.3 is 10.5 Å². The van der Waals surface area contributed by atoms with Crippen molar-refractivity contribution in [3.05, 3.63) is 57.6 Å². The highest BCUT2D eigenvalue weighted by Gasteiger charge is 2.16. The molecular weight excluding hydrogens is 274 g/mol. The van der Waals surface area contributed by atoms with Crippen LogP contribution in [0, 0.1) is 13.8 Å². The molecule has 0 aliphatic carbocycles. The van der Waals surface area contributed by atoms with E-state index in [-0.39, 0.29) is 5.78 Å². The fourth-order valence-corrected chi connectivity index (χ4v) is 2.50. The first-order valence-electron chi connectivity index (χ1n) is 6.19. The number of halogens is 1. The van der Waals surface area contributed by atoms with Gasteiger partial charge in [0.1, 0.15) is 5.75 Å². The fraction of sp³-hybridized carbons (Fsp3) is 0.188. The molecule has 4 heteroatoms. The van der Waals surface area contributed by atoms with Crippen LogP contribution in [0.25, 0.3) is 0 Å². The lowest BCUT2D eigenvalue weighted by atomic mass is 9.98. The van der Waals surface area contributed by atoms with Crippen molar-refractivity contribution < 1.29 is 9.53 Å². The first-order chi connectivity index (χ1) is 9.45. The minimum absolute atomic E-state index is 0.142. The maximum absolute atomic E-state index is 12.5. The Morgan fingerprint density at radius 3 is 2.35 bits per heavy atom. The molecule has 104 valence electrons. The summed E-state index contributed by atoms with van der Waals surface area (Å²) in [5.41, 5.74) is 8.96. The topological polar surface area (TPSA) is 52.3 Å². The standard InChI is InChI=1S/C16H16ClNO2/c1-9-7-11(8-10(2)16(9)20-3)15(19)12-5-4-6-13(18)14(12)17/h4-8H,18H2,1-3H3. The van der Waals surface area contributed by atoms with Crippen LogP contribution in [0.4, 0.5) is 5.69 Å². The molecule has 0 aromatic heterocycles. The Kier molecular flexibility index (Phi) is 4.00. The molecule has 2 N–H and O–H groups in total. The number of rotatable bonds is 3. The predicted octanol–water partition coefficient (Wildman–Crippen LogP) is 3.78. The van der Waals surface area contributed by atoms with Crippen molar-refractivity contribution in [2.24, 2.45) is 0 Å². The smallest absolute Gasteiger partial charge is 0.194 e. The molecule has 0 spiro atoms. The first-order valence-corrected chi connectivity index (χ1v) is 6.57. The number of benzene rings is 2. The Labute approximate surface area is 123 Å². The summed E-state index contributed by atoms with van der Waals surface area (Å²) >= 11 is 6.11. The summed E-state index contributed by atoms with van der Waals surface area (Å²) in [5, 5.41) is 0.295. The van der Waals surface area contributed by atoms with E-state index in [0.717, 1.165) is 16.9 Å². The van der Waals surface area contributed by atoms with Gasteiger partial charge in [0.05, 0.1) is 17.8 Å². The molecule has 0 aliphatic rings. The third kappa shape index (κ3) is 2.49. The largest absolute Gasteiger partial charge is 0.496 e. The summed E-state index contributed by atoms with van der Waals surface area (Å²) in [6.07, 6.45) is 0. The van der Waals surface area contributed by atoms with Gasteiger partial charge in [-0.2, -0.15) is 0 Å². The Hall–Kier alpha value is -2.00. The average molecular weight is 290 g/mol. The number of ether oxygens (including phenoxy) is 1. The van der Waals surface area contributed by atoms with E-state index >= 15 is 0 Å². The monoisotopic (exact) mass is 289 g/mol. The van der Waals surface area contributed by atoms with Crippen LogP contribution < -0.4 is 10.5 Å². The highest BCUT2D eigenvalue weighted by Crippen LogP contribution is 2.29. The molecule has 0 amide bonds. The molecule has 0 heterocycles. The number of hydrogen-bond acceptors (Lipinski definition) is 3. The molecule has 2 aromatic carbocycles. The van der Waals surface area contributed by atoms with Gasteiger partial charge in [-0.15, -0.1) is 0 Å². The molecular formula is C16H16ClNO2. The normalized spacial score (nSPS) is 10.4. The maximum atomic E-state index is 12.5.